The minimum Gasteiger partial charge on any atom is -0.399 e. The van der Waals surface area contributed by atoms with Crippen molar-refractivity contribution in [3.63, 3.8) is 0 Å². The van der Waals surface area contributed by atoms with Crippen molar-refractivity contribution in [2.24, 2.45) is 5.92 Å². The lowest BCUT2D eigenvalue weighted by molar-refractivity contribution is -0.0346. The second-order valence-corrected chi connectivity index (χ2v) is 7.96. The van der Waals surface area contributed by atoms with Crippen LogP contribution < -0.4 is 5.73 Å². The molecule has 1 heterocycles. The number of aryl methyl sites for hydroxylation is 1. The summed E-state index contributed by atoms with van der Waals surface area (Å²) in [4.78, 5) is 0. The van der Waals surface area contributed by atoms with Crippen molar-refractivity contribution in [1.82, 2.24) is 9.78 Å². The summed E-state index contributed by atoms with van der Waals surface area (Å²) < 4.78 is 1.89. The van der Waals surface area contributed by atoms with Gasteiger partial charge in [0.25, 0.3) is 0 Å². The molecule has 0 spiro atoms. The van der Waals surface area contributed by atoms with Crippen LogP contribution in [0.1, 0.15) is 36.9 Å². The fourth-order valence-electron chi connectivity index (χ4n) is 4.10. The third-order valence-electron chi connectivity index (χ3n) is 5.76. The molecule has 28 heavy (non-hydrogen) atoms. The number of nitrogens with zero attached hydrogens (tertiary/aromatic N) is 2. The SMILES string of the molecule is Cc1ccc(-n2nc(C3(O)CCCC(CO)C3)cc2-c2ccc(N)cc2)cc1. The van der Waals surface area contributed by atoms with Crippen molar-refractivity contribution < 1.29 is 10.2 Å². The van der Waals surface area contributed by atoms with E-state index in [2.05, 4.69) is 19.1 Å². The van der Waals surface area contributed by atoms with Crippen LogP contribution in [-0.4, -0.2) is 26.6 Å². The maximum absolute atomic E-state index is 11.4. The largest absolute Gasteiger partial charge is 0.399 e. The van der Waals surface area contributed by atoms with Crippen LogP contribution in [0, 0.1) is 12.8 Å². The molecule has 1 aliphatic carbocycles. The van der Waals surface area contributed by atoms with E-state index in [0.717, 1.165) is 29.8 Å². The van der Waals surface area contributed by atoms with E-state index in [1.165, 1.54) is 5.56 Å². The van der Waals surface area contributed by atoms with Crippen LogP contribution in [0.3, 0.4) is 0 Å². The monoisotopic (exact) mass is 377 g/mol. The quantitative estimate of drug-likeness (QED) is 0.604. The molecule has 1 aliphatic rings. The van der Waals surface area contributed by atoms with Crippen LogP contribution in [0.4, 0.5) is 5.69 Å². The van der Waals surface area contributed by atoms with Gasteiger partial charge in [0, 0.05) is 17.9 Å². The molecule has 1 aromatic heterocycles. The molecule has 2 unspecified atom stereocenters. The molecule has 146 valence electrons. The van der Waals surface area contributed by atoms with Gasteiger partial charge in [-0.15, -0.1) is 0 Å². The second-order valence-electron chi connectivity index (χ2n) is 7.96. The Morgan fingerprint density at radius 3 is 2.54 bits per heavy atom. The number of hydrogen-bond donors (Lipinski definition) is 3. The zero-order valence-corrected chi connectivity index (χ0v) is 16.2. The van der Waals surface area contributed by atoms with E-state index < -0.39 is 5.60 Å². The molecule has 0 radical (unpaired) electrons. The van der Waals surface area contributed by atoms with Crippen LogP contribution in [0.15, 0.2) is 54.6 Å². The number of aromatic nitrogens is 2. The van der Waals surface area contributed by atoms with Gasteiger partial charge in [0.2, 0.25) is 0 Å². The summed E-state index contributed by atoms with van der Waals surface area (Å²) in [5.41, 5.74) is 10.3. The maximum Gasteiger partial charge on any atom is 0.109 e. The first kappa shape index (κ1) is 18.7. The Kier molecular flexibility index (Phi) is 4.96. The molecule has 3 aromatic rings. The molecule has 0 bridgehead atoms. The lowest BCUT2D eigenvalue weighted by Crippen LogP contribution is -2.34. The Morgan fingerprint density at radius 1 is 1.14 bits per heavy atom. The average Bonchev–Trinajstić information content (AvgIpc) is 3.15. The maximum atomic E-state index is 11.4. The molecule has 2 atom stereocenters. The highest BCUT2D eigenvalue weighted by Gasteiger charge is 2.38. The highest BCUT2D eigenvalue weighted by Crippen LogP contribution is 2.41. The van der Waals surface area contributed by atoms with E-state index in [4.69, 9.17) is 10.8 Å². The highest BCUT2D eigenvalue weighted by molar-refractivity contribution is 5.65. The Labute approximate surface area is 165 Å². The first-order chi connectivity index (χ1) is 13.5. The van der Waals surface area contributed by atoms with Gasteiger partial charge in [0.1, 0.15) is 5.60 Å². The molecule has 0 aliphatic heterocycles. The van der Waals surface area contributed by atoms with Gasteiger partial charge in [-0.3, -0.25) is 0 Å². The standard InChI is InChI=1S/C23H27N3O2/c1-16-4-10-20(11-5-16)26-21(18-6-8-19(24)9-7-18)13-22(25-26)23(28)12-2-3-17(14-23)15-27/h4-11,13,17,27-28H,2-3,12,14-15,24H2,1H3. The molecule has 4 rings (SSSR count). The fraction of sp³-hybridized carbons (Fsp3) is 0.348. The summed E-state index contributed by atoms with van der Waals surface area (Å²) in [6, 6.07) is 17.9. The van der Waals surface area contributed by atoms with Crippen molar-refractivity contribution in [3.05, 3.63) is 65.9 Å². The van der Waals surface area contributed by atoms with Crippen molar-refractivity contribution in [3.8, 4) is 16.9 Å². The second kappa shape index (κ2) is 7.41. The lowest BCUT2D eigenvalue weighted by Gasteiger charge is -2.34. The normalized spacial score (nSPS) is 22.3. The van der Waals surface area contributed by atoms with E-state index >= 15 is 0 Å². The van der Waals surface area contributed by atoms with Gasteiger partial charge in [-0.2, -0.15) is 5.10 Å². The first-order valence-corrected chi connectivity index (χ1v) is 9.85. The summed E-state index contributed by atoms with van der Waals surface area (Å²) >= 11 is 0. The number of rotatable bonds is 4. The topological polar surface area (TPSA) is 84.3 Å². The van der Waals surface area contributed by atoms with Gasteiger partial charge in [0.05, 0.1) is 17.1 Å². The molecular formula is C23H27N3O2. The predicted octanol–water partition coefficient (Wildman–Crippen LogP) is 3.80. The van der Waals surface area contributed by atoms with Crippen LogP contribution in [0.25, 0.3) is 16.9 Å². The Morgan fingerprint density at radius 2 is 1.86 bits per heavy atom. The third kappa shape index (κ3) is 3.55. The molecular weight excluding hydrogens is 350 g/mol. The minimum absolute atomic E-state index is 0.103. The van der Waals surface area contributed by atoms with Crippen molar-refractivity contribution >= 4 is 5.69 Å². The predicted molar refractivity (Wildman–Crippen MR) is 111 cm³/mol. The van der Waals surface area contributed by atoms with Gasteiger partial charge in [-0.25, -0.2) is 4.68 Å². The zero-order valence-electron chi connectivity index (χ0n) is 16.2. The van der Waals surface area contributed by atoms with Crippen LogP contribution in [-0.2, 0) is 5.60 Å². The number of nitrogens with two attached hydrogens (primary N) is 1. The van der Waals surface area contributed by atoms with Gasteiger partial charge >= 0.3 is 0 Å². The number of nitrogen functional groups attached to an aromatic ring is 1. The summed E-state index contributed by atoms with van der Waals surface area (Å²) in [5, 5.41) is 25.8. The highest BCUT2D eigenvalue weighted by atomic mass is 16.3. The van der Waals surface area contributed by atoms with E-state index in [9.17, 15) is 10.2 Å². The number of aliphatic hydroxyl groups is 2. The number of benzene rings is 2. The molecule has 4 N–H and O–H groups in total. The summed E-state index contributed by atoms with van der Waals surface area (Å²) in [5.74, 6) is 0.114. The molecule has 5 nitrogen and oxygen atoms in total. The van der Waals surface area contributed by atoms with E-state index in [0.29, 0.717) is 24.2 Å². The average molecular weight is 377 g/mol. The molecule has 0 saturated heterocycles. The van der Waals surface area contributed by atoms with E-state index in [1.54, 1.807) is 0 Å². The summed E-state index contributed by atoms with van der Waals surface area (Å²) in [6.07, 6.45) is 3.03. The van der Waals surface area contributed by atoms with Gasteiger partial charge in [0.15, 0.2) is 0 Å². The Hall–Kier alpha value is -2.63. The Balaban J connectivity index is 1.82. The van der Waals surface area contributed by atoms with Crippen molar-refractivity contribution in [2.75, 3.05) is 12.3 Å². The molecule has 5 heteroatoms. The number of hydrogen-bond acceptors (Lipinski definition) is 4. The number of aliphatic hydroxyl groups excluding tert-OH is 1. The molecule has 0 amide bonds. The third-order valence-corrected chi connectivity index (χ3v) is 5.76. The van der Waals surface area contributed by atoms with Crippen molar-refractivity contribution in [1.29, 1.82) is 0 Å². The molecule has 2 aromatic carbocycles. The summed E-state index contributed by atoms with van der Waals surface area (Å²) in [6.45, 7) is 2.16. The molecule has 1 saturated carbocycles. The smallest absolute Gasteiger partial charge is 0.109 e. The van der Waals surface area contributed by atoms with Gasteiger partial charge in [-0.1, -0.05) is 29.8 Å². The van der Waals surface area contributed by atoms with Crippen LogP contribution >= 0.6 is 0 Å². The van der Waals surface area contributed by atoms with Gasteiger partial charge in [-0.05, 0) is 68.9 Å². The Bertz CT molecular complexity index is 884. The minimum atomic E-state index is -1.01. The summed E-state index contributed by atoms with van der Waals surface area (Å²) in [7, 11) is 0. The van der Waals surface area contributed by atoms with Gasteiger partial charge < -0.3 is 15.9 Å². The fourth-order valence-corrected chi connectivity index (χ4v) is 4.10. The van der Waals surface area contributed by atoms with Crippen molar-refractivity contribution in [2.45, 2.75) is 38.2 Å². The lowest BCUT2D eigenvalue weighted by atomic mass is 9.76. The van der Waals surface area contributed by atoms with E-state index in [-0.39, 0.29) is 12.5 Å². The van der Waals surface area contributed by atoms with Crippen LogP contribution in [0.2, 0.25) is 0 Å². The number of anilines is 1. The zero-order chi connectivity index (χ0) is 19.7. The first-order valence-electron chi connectivity index (χ1n) is 9.85. The molecule has 1 fully saturated rings. The van der Waals surface area contributed by atoms with E-state index in [1.807, 2.05) is 47.1 Å². The van der Waals surface area contributed by atoms with Crippen LogP contribution in [0.5, 0.6) is 0 Å².